The molecular formula is C36H19NO2S. The third-order valence-electron chi connectivity index (χ3n) is 8.38. The molecule has 9 rings (SSSR count). The second kappa shape index (κ2) is 7.79. The average molecular weight is 530 g/mol. The van der Waals surface area contributed by atoms with Crippen molar-refractivity contribution in [3.05, 3.63) is 149 Å². The summed E-state index contributed by atoms with van der Waals surface area (Å²) in [6, 6.07) is 41.9. The average Bonchev–Trinajstić information content (AvgIpc) is 3.63. The number of nitrogens with zero attached hydrogens (tertiary/aromatic N) is 1. The van der Waals surface area contributed by atoms with E-state index in [0.717, 1.165) is 54.7 Å². The van der Waals surface area contributed by atoms with E-state index in [1.807, 2.05) is 30.3 Å². The highest BCUT2D eigenvalue weighted by Gasteiger charge is 2.59. The molecule has 0 bridgehead atoms. The van der Waals surface area contributed by atoms with Crippen molar-refractivity contribution < 1.29 is 9.15 Å². The van der Waals surface area contributed by atoms with Gasteiger partial charge in [0.15, 0.2) is 0 Å². The monoisotopic (exact) mass is 529 g/mol. The normalized spacial score (nSPS) is 15.2. The van der Waals surface area contributed by atoms with Crippen LogP contribution in [0.3, 0.4) is 0 Å². The van der Waals surface area contributed by atoms with Gasteiger partial charge in [-0.25, -0.2) is 0 Å². The van der Waals surface area contributed by atoms with E-state index in [9.17, 15) is 5.26 Å². The molecule has 1 aliphatic heterocycles. The smallest absolute Gasteiger partial charge is 0.141 e. The van der Waals surface area contributed by atoms with Gasteiger partial charge in [-0.05, 0) is 63.7 Å². The quantitative estimate of drug-likeness (QED) is 0.213. The van der Waals surface area contributed by atoms with Gasteiger partial charge in [-0.15, -0.1) is 0 Å². The van der Waals surface area contributed by atoms with Crippen LogP contribution in [0.4, 0.5) is 0 Å². The van der Waals surface area contributed by atoms with E-state index in [-0.39, 0.29) is 0 Å². The van der Waals surface area contributed by atoms with Gasteiger partial charge in [0, 0.05) is 10.9 Å². The lowest BCUT2D eigenvalue weighted by molar-refractivity contribution is 0.343. The fourth-order valence-electron chi connectivity index (χ4n) is 6.68. The topological polar surface area (TPSA) is 46.2 Å². The molecule has 0 saturated carbocycles. The number of fused-ring (bicyclic) bond motifs is 12. The molecule has 2 heterocycles. The lowest BCUT2D eigenvalue weighted by atomic mass is 9.76. The molecule has 4 heteroatoms. The van der Waals surface area contributed by atoms with Crippen LogP contribution in [0.5, 0.6) is 5.75 Å². The second-order valence-electron chi connectivity index (χ2n) is 10.4. The summed E-state index contributed by atoms with van der Waals surface area (Å²) in [7, 11) is 0. The van der Waals surface area contributed by atoms with Gasteiger partial charge < -0.3 is 9.15 Å². The number of allylic oxidation sites excluding steroid dienone is 1. The summed E-state index contributed by atoms with van der Waals surface area (Å²) in [6.07, 6.45) is 0. The summed E-state index contributed by atoms with van der Waals surface area (Å²) in [5, 5.41) is 10.3. The van der Waals surface area contributed by atoms with E-state index in [2.05, 4.69) is 91.0 Å². The Bertz CT molecular complexity index is 2080. The van der Waals surface area contributed by atoms with Crippen LogP contribution < -0.4 is 4.74 Å². The molecule has 0 fully saturated rings. The lowest BCUT2D eigenvalue weighted by Gasteiger charge is -2.31. The maximum atomic E-state index is 9.21. The van der Waals surface area contributed by atoms with Crippen molar-refractivity contribution in [2.75, 3.05) is 0 Å². The fourth-order valence-corrected chi connectivity index (χ4v) is 7.88. The highest BCUT2D eigenvalue weighted by atomic mass is 32.2. The van der Waals surface area contributed by atoms with Crippen LogP contribution in [0.1, 0.15) is 28.0 Å². The number of benzene rings is 5. The molecule has 6 aromatic rings. The molecule has 0 unspecified atom stereocenters. The molecular weight excluding hydrogens is 510 g/mol. The second-order valence-corrected chi connectivity index (χ2v) is 11.4. The highest BCUT2D eigenvalue weighted by molar-refractivity contribution is 8.08. The third-order valence-corrected chi connectivity index (χ3v) is 9.51. The minimum atomic E-state index is -0.659. The molecule has 0 saturated heterocycles. The zero-order chi connectivity index (χ0) is 26.4. The van der Waals surface area contributed by atoms with E-state index in [4.69, 9.17) is 9.15 Å². The molecule has 0 atom stereocenters. The van der Waals surface area contributed by atoms with Gasteiger partial charge >= 0.3 is 0 Å². The van der Waals surface area contributed by atoms with Crippen molar-refractivity contribution in [1.82, 2.24) is 0 Å². The number of rotatable bonds is 1. The Kier molecular flexibility index (Phi) is 4.26. The van der Waals surface area contributed by atoms with Crippen molar-refractivity contribution in [3.8, 4) is 34.1 Å². The molecule has 0 N–H and O–H groups in total. The lowest BCUT2D eigenvalue weighted by Crippen LogP contribution is -2.30. The fraction of sp³-hybridized carbons (Fsp3) is 0.0278. The van der Waals surface area contributed by atoms with Gasteiger partial charge in [-0.1, -0.05) is 96.7 Å². The van der Waals surface area contributed by atoms with Gasteiger partial charge in [-0.3, -0.25) is 0 Å². The summed E-state index contributed by atoms with van der Waals surface area (Å²) in [5.74, 6) is 2.70. The summed E-state index contributed by atoms with van der Waals surface area (Å²) in [4.78, 5) is 2.17. The van der Waals surface area contributed by atoms with E-state index in [1.165, 1.54) is 22.3 Å². The predicted molar refractivity (Wildman–Crippen MR) is 158 cm³/mol. The van der Waals surface area contributed by atoms with Crippen LogP contribution in [-0.2, 0) is 5.41 Å². The number of thioether (sulfide) groups is 1. The minimum Gasteiger partial charge on any atom is -0.459 e. The predicted octanol–water partition coefficient (Wildman–Crippen LogP) is 9.15. The maximum absolute atomic E-state index is 9.21. The van der Waals surface area contributed by atoms with E-state index < -0.39 is 5.41 Å². The number of hydrogen-bond donors (Lipinski definition) is 0. The molecule has 40 heavy (non-hydrogen) atoms. The van der Waals surface area contributed by atoms with Crippen LogP contribution in [0.15, 0.2) is 130 Å². The van der Waals surface area contributed by atoms with Gasteiger partial charge in [0.05, 0.1) is 21.4 Å². The Labute approximate surface area is 235 Å². The highest BCUT2D eigenvalue weighted by Crippen LogP contribution is 2.67. The number of para-hydroxylation sites is 1. The van der Waals surface area contributed by atoms with Gasteiger partial charge in [-0.2, -0.15) is 5.26 Å². The van der Waals surface area contributed by atoms with Crippen LogP contribution in [0, 0.1) is 11.3 Å². The largest absolute Gasteiger partial charge is 0.459 e. The van der Waals surface area contributed by atoms with Gasteiger partial charge in [0.2, 0.25) is 0 Å². The Hall–Kier alpha value is -4.98. The molecule has 0 radical (unpaired) electrons. The van der Waals surface area contributed by atoms with E-state index in [0.29, 0.717) is 5.56 Å². The number of ether oxygens (including phenoxy) is 1. The zero-order valence-corrected chi connectivity index (χ0v) is 22.0. The summed E-state index contributed by atoms with van der Waals surface area (Å²) in [5.41, 5.74) is 8.98. The first-order valence-corrected chi connectivity index (χ1v) is 14.1. The first-order chi connectivity index (χ1) is 19.8. The Morgan fingerprint density at radius 3 is 2.12 bits per heavy atom. The zero-order valence-electron chi connectivity index (χ0n) is 21.1. The van der Waals surface area contributed by atoms with Crippen LogP contribution >= 0.6 is 11.8 Å². The number of nitriles is 1. The van der Waals surface area contributed by atoms with Crippen molar-refractivity contribution in [2.45, 2.75) is 10.3 Å². The first-order valence-electron chi connectivity index (χ1n) is 13.2. The molecule has 3 aliphatic rings. The SMILES string of the molecule is N#Cc1ccc(-c2ccc3c(c2)SC2=C(O3)C3(c4ccccc4-c4ccccc43)c3oc4ccccc4c32)cc1. The number of furan rings is 1. The van der Waals surface area contributed by atoms with Crippen molar-refractivity contribution >= 4 is 27.6 Å². The van der Waals surface area contributed by atoms with E-state index >= 15 is 0 Å². The summed E-state index contributed by atoms with van der Waals surface area (Å²) < 4.78 is 13.8. The van der Waals surface area contributed by atoms with Crippen molar-refractivity contribution in [3.63, 3.8) is 0 Å². The van der Waals surface area contributed by atoms with E-state index in [1.54, 1.807) is 11.8 Å². The summed E-state index contributed by atoms with van der Waals surface area (Å²) >= 11 is 1.76. The minimum absolute atomic E-state index is 0.655. The Balaban J connectivity index is 1.31. The molecule has 186 valence electrons. The molecule has 2 aliphatic carbocycles. The maximum Gasteiger partial charge on any atom is 0.141 e. The molecule has 1 spiro atoms. The van der Waals surface area contributed by atoms with Crippen molar-refractivity contribution in [2.24, 2.45) is 0 Å². The van der Waals surface area contributed by atoms with Crippen LogP contribution in [0.2, 0.25) is 0 Å². The van der Waals surface area contributed by atoms with Crippen molar-refractivity contribution in [1.29, 1.82) is 5.26 Å². The Morgan fingerprint density at radius 2 is 1.38 bits per heavy atom. The third kappa shape index (κ3) is 2.65. The first kappa shape index (κ1) is 21.9. The standard InChI is InChI=1S/C36H19NO2S/c37-20-21-13-15-22(16-14-21)23-17-18-30-31(19-23)40-33-32-26-9-3-6-12-29(26)38-34(32)36(35(33)39-30)27-10-4-1-7-24(27)25-8-2-5-11-28(25)36/h1-19H. The van der Waals surface area contributed by atoms with Gasteiger partial charge in [0.1, 0.15) is 28.3 Å². The Morgan fingerprint density at radius 1 is 0.700 bits per heavy atom. The molecule has 0 amide bonds. The molecule has 5 aromatic carbocycles. The summed E-state index contributed by atoms with van der Waals surface area (Å²) in [6.45, 7) is 0. The molecule has 1 aromatic heterocycles. The number of hydrogen-bond acceptors (Lipinski definition) is 4. The van der Waals surface area contributed by atoms with Crippen LogP contribution in [0.25, 0.3) is 38.1 Å². The van der Waals surface area contributed by atoms with Gasteiger partial charge in [0.25, 0.3) is 0 Å². The van der Waals surface area contributed by atoms with Crippen LogP contribution in [-0.4, -0.2) is 0 Å². The molecule has 3 nitrogen and oxygen atoms in total.